The van der Waals surface area contributed by atoms with Crippen LogP contribution >= 0.6 is 0 Å². The maximum atomic E-state index is 2.46. The van der Waals surface area contributed by atoms with E-state index in [0.29, 0.717) is 11.8 Å². The Morgan fingerprint density at radius 1 is 0.833 bits per heavy atom. The predicted molar refractivity (Wildman–Crippen MR) is 103 cm³/mol. The topological polar surface area (TPSA) is 0 Å². The second kappa shape index (κ2) is 5.21. The molecule has 0 amide bonds. The molecule has 0 bridgehead atoms. The van der Waals surface area contributed by atoms with Gasteiger partial charge < -0.3 is 0 Å². The molecule has 0 fully saturated rings. The molecule has 3 aromatic rings. The van der Waals surface area contributed by atoms with Crippen molar-refractivity contribution in [2.75, 3.05) is 0 Å². The van der Waals surface area contributed by atoms with Crippen molar-refractivity contribution in [1.82, 2.24) is 0 Å². The first-order chi connectivity index (χ1) is 11.9. The number of benzene rings is 3. The van der Waals surface area contributed by atoms with Gasteiger partial charge >= 0.3 is 0 Å². The van der Waals surface area contributed by atoms with Gasteiger partial charge in [-0.25, -0.2) is 0 Å². The van der Waals surface area contributed by atoms with E-state index in [0.717, 1.165) is 6.42 Å². The van der Waals surface area contributed by atoms with Gasteiger partial charge in [-0.3, -0.25) is 0 Å². The highest BCUT2D eigenvalue weighted by Crippen LogP contribution is 2.51. The quantitative estimate of drug-likeness (QED) is 0.504. The molecule has 2 aliphatic rings. The van der Waals surface area contributed by atoms with Gasteiger partial charge in [0.15, 0.2) is 0 Å². The Balaban J connectivity index is 1.71. The Morgan fingerprint density at radius 2 is 1.67 bits per heavy atom. The van der Waals surface area contributed by atoms with E-state index < -0.39 is 0 Å². The van der Waals surface area contributed by atoms with Crippen molar-refractivity contribution in [2.24, 2.45) is 0 Å². The van der Waals surface area contributed by atoms with Crippen LogP contribution in [0, 0.1) is 0 Å². The van der Waals surface area contributed by atoms with Crippen LogP contribution in [0.1, 0.15) is 47.4 Å². The van der Waals surface area contributed by atoms with E-state index in [1.165, 1.54) is 33.0 Å². The number of fused-ring (bicyclic) bond motifs is 4. The zero-order valence-corrected chi connectivity index (χ0v) is 13.9. The molecule has 3 aromatic carbocycles. The fraction of sp³-hybridized carbons (Fsp3) is 0.167. The van der Waals surface area contributed by atoms with Gasteiger partial charge in [-0.15, -0.1) is 0 Å². The largest absolute Gasteiger partial charge is 0.0754 e. The molecule has 2 unspecified atom stereocenters. The number of rotatable bonds is 2. The average Bonchev–Trinajstić information content (AvgIpc) is 3.22. The molecule has 116 valence electrons. The molecule has 24 heavy (non-hydrogen) atoms. The molecule has 5 rings (SSSR count). The molecule has 0 spiro atoms. The minimum absolute atomic E-state index is 0.467. The Morgan fingerprint density at radius 3 is 2.58 bits per heavy atom. The van der Waals surface area contributed by atoms with Gasteiger partial charge in [0.1, 0.15) is 0 Å². The van der Waals surface area contributed by atoms with Gasteiger partial charge in [0.05, 0.1) is 0 Å². The molecular weight excluding hydrogens is 288 g/mol. The van der Waals surface area contributed by atoms with E-state index in [2.05, 4.69) is 85.8 Å². The van der Waals surface area contributed by atoms with Crippen LogP contribution in [0.25, 0.3) is 22.9 Å². The van der Waals surface area contributed by atoms with Crippen LogP contribution in [0.5, 0.6) is 0 Å². The van der Waals surface area contributed by atoms with Gasteiger partial charge in [0, 0.05) is 11.8 Å². The first-order valence-electron chi connectivity index (χ1n) is 8.86. The summed E-state index contributed by atoms with van der Waals surface area (Å²) in [7, 11) is 0. The van der Waals surface area contributed by atoms with Crippen molar-refractivity contribution >= 4 is 22.9 Å². The minimum atomic E-state index is 0.467. The standard InChI is InChI=1S/C24H20/c1-2-16-15-23-20-10-6-4-8-18(20)12-14-22(23)24(16)21-13-11-17-7-3-5-9-19(17)21/h3-15,21,24H,2H2,1H3. The van der Waals surface area contributed by atoms with Crippen molar-refractivity contribution in [2.45, 2.75) is 25.2 Å². The van der Waals surface area contributed by atoms with Gasteiger partial charge in [0.25, 0.3) is 0 Å². The van der Waals surface area contributed by atoms with Crippen molar-refractivity contribution in [3.8, 4) is 0 Å². The normalized spacial score (nSPS) is 21.0. The highest BCUT2D eigenvalue weighted by Gasteiger charge is 2.34. The van der Waals surface area contributed by atoms with Gasteiger partial charge in [-0.05, 0) is 39.4 Å². The Labute approximate surface area is 143 Å². The molecule has 0 aromatic heterocycles. The van der Waals surface area contributed by atoms with E-state index in [1.54, 1.807) is 5.57 Å². The molecule has 0 aliphatic heterocycles. The lowest BCUT2D eigenvalue weighted by Crippen LogP contribution is -2.08. The van der Waals surface area contributed by atoms with Gasteiger partial charge in [-0.2, -0.15) is 0 Å². The lowest BCUT2D eigenvalue weighted by molar-refractivity contribution is 0.702. The molecule has 0 N–H and O–H groups in total. The Hall–Kier alpha value is -2.60. The van der Waals surface area contributed by atoms with Gasteiger partial charge in [0.2, 0.25) is 0 Å². The predicted octanol–water partition coefficient (Wildman–Crippen LogP) is 6.54. The van der Waals surface area contributed by atoms with E-state index in [1.807, 2.05) is 0 Å². The summed E-state index contributed by atoms with van der Waals surface area (Å²) < 4.78 is 0. The van der Waals surface area contributed by atoms with E-state index >= 15 is 0 Å². The fourth-order valence-corrected chi connectivity index (χ4v) is 4.53. The maximum absolute atomic E-state index is 2.46. The number of hydrogen-bond acceptors (Lipinski definition) is 0. The zero-order chi connectivity index (χ0) is 16.1. The summed E-state index contributed by atoms with van der Waals surface area (Å²) in [4.78, 5) is 0. The summed E-state index contributed by atoms with van der Waals surface area (Å²) in [5.41, 5.74) is 7.35. The Kier molecular flexibility index (Phi) is 2.99. The maximum Gasteiger partial charge on any atom is 0.0161 e. The third kappa shape index (κ3) is 1.86. The third-order valence-electron chi connectivity index (χ3n) is 5.67. The smallest absolute Gasteiger partial charge is 0.0161 e. The summed E-state index contributed by atoms with van der Waals surface area (Å²) in [6.45, 7) is 2.29. The summed E-state index contributed by atoms with van der Waals surface area (Å²) >= 11 is 0. The van der Waals surface area contributed by atoms with Crippen LogP contribution in [-0.2, 0) is 0 Å². The summed E-state index contributed by atoms with van der Waals surface area (Å²) in [5, 5.41) is 2.73. The highest BCUT2D eigenvalue weighted by molar-refractivity contribution is 5.94. The fourth-order valence-electron chi connectivity index (χ4n) is 4.53. The van der Waals surface area contributed by atoms with Crippen LogP contribution in [-0.4, -0.2) is 0 Å². The number of allylic oxidation sites excluding steroid dienone is 2. The lowest BCUT2D eigenvalue weighted by atomic mass is 9.79. The van der Waals surface area contributed by atoms with E-state index in [9.17, 15) is 0 Å². The van der Waals surface area contributed by atoms with Crippen LogP contribution in [0.2, 0.25) is 0 Å². The average molecular weight is 308 g/mol. The molecule has 0 nitrogen and oxygen atoms in total. The van der Waals surface area contributed by atoms with Crippen molar-refractivity contribution in [3.05, 3.63) is 94.6 Å². The minimum Gasteiger partial charge on any atom is -0.0754 e. The highest BCUT2D eigenvalue weighted by atomic mass is 14.4. The molecule has 2 aliphatic carbocycles. The first kappa shape index (κ1) is 13.8. The molecule has 0 radical (unpaired) electrons. The van der Waals surface area contributed by atoms with Crippen LogP contribution in [0.15, 0.2) is 72.3 Å². The van der Waals surface area contributed by atoms with Crippen LogP contribution in [0.3, 0.4) is 0 Å². The second-order valence-electron chi connectivity index (χ2n) is 6.85. The molecule has 0 heteroatoms. The van der Waals surface area contributed by atoms with Crippen molar-refractivity contribution in [3.63, 3.8) is 0 Å². The van der Waals surface area contributed by atoms with Crippen LogP contribution < -0.4 is 0 Å². The van der Waals surface area contributed by atoms with E-state index in [-0.39, 0.29) is 0 Å². The third-order valence-corrected chi connectivity index (χ3v) is 5.67. The van der Waals surface area contributed by atoms with Crippen molar-refractivity contribution < 1.29 is 0 Å². The van der Waals surface area contributed by atoms with E-state index in [4.69, 9.17) is 0 Å². The lowest BCUT2D eigenvalue weighted by Gasteiger charge is -2.24. The molecule has 2 atom stereocenters. The SMILES string of the molecule is CCC1=Cc2c(ccc3ccccc23)C1C1C=Cc2ccccc21. The van der Waals surface area contributed by atoms with Crippen molar-refractivity contribution in [1.29, 1.82) is 0 Å². The summed E-state index contributed by atoms with van der Waals surface area (Å²) in [6.07, 6.45) is 8.27. The summed E-state index contributed by atoms with van der Waals surface area (Å²) in [5.74, 6) is 0.948. The molecule has 0 saturated carbocycles. The zero-order valence-electron chi connectivity index (χ0n) is 13.9. The second-order valence-corrected chi connectivity index (χ2v) is 6.85. The Bertz CT molecular complexity index is 1000. The number of hydrogen-bond donors (Lipinski definition) is 0. The van der Waals surface area contributed by atoms with Crippen LogP contribution in [0.4, 0.5) is 0 Å². The monoisotopic (exact) mass is 308 g/mol. The molecule has 0 saturated heterocycles. The summed E-state index contributed by atoms with van der Waals surface area (Å²) in [6, 6.07) is 22.2. The molecule has 0 heterocycles. The molecular formula is C24H20. The van der Waals surface area contributed by atoms with Gasteiger partial charge in [-0.1, -0.05) is 91.4 Å². The first-order valence-corrected chi connectivity index (χ1v) is 8.86.